The molecule has 5 nitrogen and oxygen atoms in total. The van der Waals surface area contributed by atoms with Crippen molar-refractivity contribution in [3.05, 3.63) is 38.9 Å². The Morgan fingerprint density at radius 1 is 1.35 bits per heavy atom. The summed E-state index contributed by atoms with van der Waals surface area (Å²) in [7, 11) is 0. The first-order chi connectivity index (χ1) is 8.06. The lowest BCUT2D eigenvalue weighted by Crippen LogP contribution is -1.91. The summed E-state index contributed by atoms with van der Waals surface area (Å²) in [5, 5.41) is 19.6. The van der Waals surface area contributed by atoms with Crippen molar-refractivity contribution in [2.24, 2.45) is 0 Å². The van der Waals surface area contributed by atoms with Gasteiger partial charge < -0.3 is 0 Å². The number of nitro benzene ring substituents is 1. The van der Waals surface area contributed by atoms with E-state index in [-0.39, 0.29) is 10.6 Å². The molecule has 0 spiro atoms. The lowest BCUT2D eigenvalue weighted by molar-refractivity contribution is -0.387. The van der Waals surface area contributed by atoms with Crippen LogP contribution in [0.1, 0.15) is 10.6 Å². The van der Waals surface area contributed by atoms with Gasteiger partial charge in [-0.2, -0.15) is 0 Å². The summed E-state index contributed by atoms with van der Waals surface area (Å²) in [6.45, 7) is 3.68. The van der Waals surface area contributed by atoms with Crippen molar-refractivity contribution in [2.75, 3.05) is 0 Å². The van der Waals surface area contributed by atoms with Gasteiger partial charge in [-0.3, -0.25) is 10.1 Å². The number of rotatable bonds is 3. The van der Waals surface area contributed by atoms with Crippen LogP contribution in [-0.2, 0) is 0 Å². The maximum Gasteiger partial charge on any atom is 0.283 e. The second kappa shape index (κ2) is 4.80. The molecule has 0 atom stereocenters. The number of nitrogens with zero attached hydrogens (tertiary/aromatic N) is 3. The molecule has 1 aromatic heterocycles. The molecular weight excluding hydrogens is 258 g/mol. The molecule has 17 heavy (non-hydrogen) atoms. The van der Waals surface area contributed by atoms with Gasteiger partial charge in [-0.05, 0) is 25.5 Å². The van der Waals surface area contributed by atoms with Crippen LogP contribution in [0.2, 0.25) is 0 Å². The van der Waals surface area contributed by atoms with Crippen molar-refractivity contribution in [3.63, 3.8) is 0 Å². The zero-order chi connectivity index (χ0) is 12.4. The number of aryl methyl sites for hydroxylation is 2. The van der Waals surface area contributed by atoms with Gasteiger partial charge in [0.2, 0.25) is 0 Å². The van der Waals surface area contributed by atoms with E-state index in [4.69, 9.17) is 0 Å². The molecule has 2 aromatic rings. The van der Waals surface area contributed by atoms with Crippen LogP contribution < -0.4 is 0 Å². The summed E-state index contributed by atoms with van der Waals surface area (Å²) >= 11 is 2.70. The van der Waals surface area contributed by atoms with E-state index in [0.29, 0.717) is 4.90 Å². The van der Waals surface area contributed by atoms with Crippen molar-refractivity contribution < 1.29 is 4.92 Å². The largest absolute Gasteiger partial charge is 0.283 e. The normalized spacial score (nSPS) is 10.5. The molecule has 0 N–H and O–H groups in total. The van der Waals surface area contributed by atoms with E-state index in [9.17, 15) is 10.1 Å². The van der Waals surface area contributed by atoms with E-state index in [2.05, 4.69) is 10.2 Å². The van der Waals surface area contributed by atoms with Gasteiger partial charge in [0, 0.05) is 6.07 Å². The molecule has 0 saturated heterocycles. The van der Waals surface area contributed by atoms with Crippen molar-refractivity contribution in [1.29, 1.82) is 0 Å². The number of nitro groups is 1. The Bertz CT molecular complexity index is 568. The minimum absolute atomic E-state index is 0.114. The van der Waals surface area contributed by atoms with Gasteiger partial charge in [0.05, 0.1) is 9.82 Å². The summed E-state index contributed by atoms with van der Waals surface area (Å²) in [6, 6.07) is 5.16. The van der Waals surface area contributed by atoms with E-state index in [1.54, 1.807) is 12.1 Å². The second-order valence-electron chi connectivity index (χ2n) is 3.42. The Morgan fingerprint density at radius 3 is 2.71 bits per heavy atom. The van der Waals surface area contributed by atoms with Gasteiger partial charge in [-0.25, -0.2) is 0 Å². The van der Waals surface area contributed by atoms with Crippen molar-refractivity contribution in [3.8, 4) is 0 Å². The highest BCUT2D eigenvalue weighted by molar-refractivity contribution is 8.01. The molecule has 0 fully saturated rings. The average Bonchev–Trinajstić information content (AvgIpc) is 2.66. The van der Waals surface area contributed by atoms with Gasteiger partial charge in [-0.15, -0.1) is 10.2 Å². The molecule has 2 rings (SSSR count). The molecule has 7 heteroatoms. The molecule has 0 aliphatic heterocycles. The maximum absolute atomic E-state index is 10.9. The van der Waals surface area contributed by atoms with Gasteiger partial charge in [0.15, 0.2) is 4.34 Å². The number of benzene rings is 1. The second-order valence-corrected chi connectivity index (χ2v) is 5.89. The van der Waals surface area contributed by atoms with Crippen LogP contribution in [0.5, 0.6) is 0 Å². The highest BCUT2D eigenvalue weighted by atomic mass is 32.2. The molecule has 0 saturated carbocycles. The van der Waals surface area contributed by atoms with Gasteiger partial charge in [0.1, 0.15) is 5.01 Å². The van der Waals surface area contributed by atoms with Crippen LogP contribution in [-0.4, -0.2) is 15.1 Å². The Kier molecular flexibility index (Phi) is 3.39. The maximum atomic E-state index is 10.9. The summed E-state index contributed by atoms with van der Waals surface area (Å²) in [5.74, 6) is 0. The van der Waals surface area contributed by atoms with E-state index in [1.807, 2.05) is 19.9 Å². The van der Waals surface area contributed by atoms with Gasteiger partial charge in [0.25, 0.3) is 5.69 Å². The summed E-state index contributed by atoms with van der Waals surface area (Å²) in [5.41, 5.74) is 0.984. The minimum Gasteiger partial charge on any atom is -0.258 e. The van der Waals surface area contributed by atoms with E-state index in [1.165, 1.54) is 23.1 Å². The predicted molar refractivity (Wildman–Crippen MR) is 66.6 cm³/mol. The standard InChI is InChI=1S/C10H9N3O2S2/c1-6-3-4-9(8(5-6)13(14)15)17-10-12-11-7(2)16-10/h3-5H,1-2H3. The minimum atomic E-state index is -0.372. The monoisotopic (exact) mass is 267 g/mol. The molecular formula is C10H9N3O2S2. The van der Waals surface area contributed by atoms with Crippen molar-refractivity contribution in [1.82, 2.24) is 10.2 Å². The smallest absolute Gasteiger partial charge is 0.258 e. The topological polar surface area (TPSA) is 68.9 Å². The van der Waals surface area contributed by atoms with E-state index < -0.39 is 0 Å². The molecule has 0 aliphatic carbocycles. The van der Waals surface area contributed by atoms with Crippen LogP contribution in [0.25, 0.3) is 0 Å². The molecule has 0 bridgehead atoms. The molecule has 0 amide bonds. The Labute approximate surface area is 106 Å². The van der Waals surface area contributed by atoms with E-state index in [0.717, 1.165) is 14.9 Å². The van der Waals surface area contributed by atoms with Crippen LogP contribution in [0, 0.1) is 24.0 Å². The van der Waals surface area contributed by atoms with Crippen LogP contribution in [0.3, 0.4) is 0 Å². The van der Waals surface area contributed by atoms with Gasteiger partial charge in [-0.1, -0.05) is 29.2 Å². The highest BCUT2D eigenvalue weighted by Gasteiger charge is 2.16. The first-order valence-corrected chi connectivity index (χ1v) is 6.42. The van der Waals surface area contributed by atoms with Crippen molar-refractivity contribution in [2.45, 2.75) is 23.1 Å². The zero-order valence-corrected chi connectivity index (χ0v) is 10.8. The third-order valence-corrected chi connectivity index (χ3v) is 3.97. The third kappa shape index (κ3) is 2.80. The predicted octanol–water partition coefficient (Wildman–Crippen LogP) is 3.21. The van der Waals surface area contributed by atoms with Crippen LogP contribution in [0.4, 0.5) is 5.69 Å². The Hall–Kier alpha value is -1.47. The molecule has 0 aliphatic rings. The number of hydrogen-bond acceptors (Lipinski definition) is 6. The number of hydrogen-bond donors (Lipinski definition) is 0. The fourth-order valence-electron chi connectivity index (χ4n) is 1.27. The zero-order valence-electron chi connectivity index (χ0n) is 9.21. The first kappa shape index (κ1) is 12.0. The summed E-state index contributed by atoms with van der Waals surface area (Å²) < 4.78 is 0.717. The number of aromatic nitrogens is 2. The molecule has 0 unspecified atom stereocenters. The fourth-order valence-corrected chi connectivity index (χ4v) is 3.13. The van der Waals surface area contributed by atoms with Gasteiger partial charge >= 0.3 is 0 Å². The highest BCUT2D eigenvalue weighted by Crippen LogP contribution is 2.36. The quantitative estimate of drug-likeness (QED) is 0.631. The summed E-state index contributed by atoms with van der Waals surface area (Å²) in [4.78, 5) is 11.2. The lowest BCUT2D eigenvalue weighted by atomic mass is 10.2. The van der Waals surface area contributed by atoms with Crippen LogP contribution in [0.15, 0.2) is 27.4 Å². The van der Waals surface area contributed by atoms with E-state index >= 15 is 0 Å². The first-order valence-electron chi connectivity index (χ1n) is 4.79. The average molecular weight is 267 g/mol. The molecule has 88 valence electrons. The Balaban J connectivity index is 2.35. The third-order valence-electron chi connectivity index (χ3n) is 2.02. The summed E-state index contributed by atoms with van der Waals surface area (Å²) in [6.07, 6.45) is 0. The molecule has 0 radical (unpaired) electrons. The van der Waals surface area contributed by atoms with Crippen molar-refractivity contribution >= 4 is 28.8 Å². The lowest BCUT2D eigenvalue weighted by Gasteiger charge is -2.00. The van der Waals surface area contributed by atoms with Crippen LogP contribution >= 0.6 is 23.1 Å². The fraction of sp³-hybridized carbons (Fsp3) is 0.200. The molecule has 1 aromatic carbocycles. The Morgan fingerprint density at radius 2 is 2.12 bits per heavy atom. The SMILES string of the molecule is Cc1ccc(Sc2nnc(C)s2)c([N+](=O)[O-])c1. The molecule has 1 heterocycles.